The number of likely N-dealkylation sites (N-methyl/N-ethyl adjacent to an activating group) is 2. The molecule has 1 heterocycles. The van der Waals surface area contributed by atoms with Gasteiger partial charge in [-0.3, -0.25) is 9.59 Å². The number of rotatable bonds is 7. The number of carbonyl (C=O) groups excluding carboxylic acids is 2. The molecule has 0 unspecified atom stereocenters. The third-order valence-electron chi connectivity index (χ3n) is 3.67. The van der Waals surface area contributed by atoms with Crippen LogP contribution in [0.3, 0.4) is 0 Å². The van der Waals surface area contributed by atoms with Crippen LogP contribution in [0.1, 0.15) is 12.5 Å². The van der Waals surface area contributed by atoms with Crippen molar-refractivity contribution >= 4 is 38.9 Å². The molecule has 0 spiro atoms. The van der Waals surface area contributed by atoms with Crippen molar-refractivity contribution in [3.05, 3.63) is 46.7 Å². The summed E-state index contributed by atoms with van der Waals surface area (Å²) in [6.45, 7) is 1.55. The van der Waals surface area contributed by atoms with E-state index < -0.39 is 10.0 Å². The first-order valence-electron chi connectivity index (χ1n) is 7.79. The number of hydrogen-bond donors (Lipinski definition) is 1. The minimum Gasteiger partial charge on any atom is -0.340 e. The molecule has 0 saturated heterocycles. The standard InChI is InChI=1S/C17H21N3O4S2/c1-13(21)18-15-4-6-16(7-5-15)26(23,24)20(3)11-17(22)19(2)10-14-8-9-25-12-14/h4-9,12H,10-11H2,1-3H3,(H,18,21). The van der Waals surface area contributed by atoms with Crippen molar-refractivity contribution in [2.45, 2.75) is 18.4 Å². The van der Waals surface area contributed by atoms with E-state index in [-0.39, 0.29) is 23.3 Å². The van der Waals surface area contributed by atoms with E-state index in [0.29, 0.717) is 12.2 Å². The van der Waals surface area contributed by atoms with Crippen LogP contribution in [0.2, 0.25) is 0 Å². The van der Waals surface area contributed by atoms with Crippen molar-refractivity contribution in [1.29, 1.82) is 0 Å². The lowest BCUT2D eigenvalue weighted by Gasteiger charge is -2.21. The summed E-state index contributed by atoms with van der Waals surface area (Å²) in [5, 5.41) is 6.44. The predicted molar refractivity (Wildman–Crippen MR) is 101 cm³/mol. The number of benzene rings is 1. The zero-order valence-corrected chi connectivity index (χ0v) is 16.4. The van der Waals surface area contributed by atoms with Crippen molar-refractivity contribution in [1.82, 2.24) is 9.21 Å². The van der Waals surface area contributed by atoms with E-state index in [2.05, 4.69) is 5.32 Å². The highest BCUT2D eigenvalue weighted by Gasteiger charge is 2.24. The Bertz CT molecular complexity index is 862. The number of anilines is 1. The molecule has 0 fully saturated rings. The van der Waals surface area contributed by atoms with Crippen LogP contribution < -0.4 is 5.32 Å². The fourth-order valence-electron chi connectivity index (χ4n) is 2.23. The molecule has 0 atom stereocenters. The van der Waals surface area contributed by atoms with Crippen molar-refractivity contribution in [3.63, 3.8) is 0 Å². The lowest BCUT2D eigenvalue weighted by atomic mass is 10.3. The van der Waals surface area contributed by atoms with Gasteiger partial charge in [0.1, 0.15) is 0 Å². The van der Waals surface area contributed by atoms with E-state index in [9.17, 15) is 18.0 Å². The molecular formula is C17H21N3O4S2. The average Bonchev–Trinajstić information content (AvgIpc) is 3.07. The van der Waals surface area contributed by atoms with E-state index in [1.165, 1.54) is 43.1 Å². The normalized spacial score (nSPS) is 11.4. The van der Waals surface area contributed by atoms with Gasteiger partial charge in [0.15, 0.2) is 0 Å². The number of sulfonamides is 1. The molecule has 0 aliphatic heterocycles. The van der Waals surface area contributed by atoms with Gasteiger partial charge in [0, 0.05) is 33.3 Å². The van der Waals surface area contributed by atoms with Gasteiger partial charge in [0.25, 0.3) is 0 Å². The molecule has 1 N–H and O–H groups in total. The first kappa shape index (κ1) is 20.1. The summed E-state index contributed by atoms with van der Waals surface area (Å²) in [4.78, 5) is 24.9. The molecule has 0 radical (unpaired) electrons. The van der Waals surface area contributed by atoms with Gasteiger partial charge in [-0.1, -0.05) is 0 Å². The van der Waals surface area contributed by atoms with Crippen LogP contribution in [-0.4, -0.2) is 50.1 Å². The topological polar surface area (TPSA) is 86.8 Å². The first-order chi connectivity index (χ1) is 12.2. The Hall–Kier alpha value is -2.23. The zero-order chi connectivity index (χ0) is 19.3. The Morgan fingerprint density at radius 3 is 2.31 bits per heavy atom. The summed E-state index contributed by atoms with van der Waals surface area (Å²) < 4.78 is 26.2. The number of carbonyl (C=O) groups is 2. The Kier molecular flexibility index (Phi) is 6.52. The molecule has 26 heavy (non-hydrogen) atoms. The van der Waals surface area contributed by atoms with Gasteiger partial charge >= 0.3 is 0 Å². The van der Waals surface area contributed by atoms with Crippen molar-refractivity contribution < 1.29 is 18.0 Å². The van der Waals surface area contributed by atoms with Crippen LogP contribution in [0.4, 0.5) is 5.69 Å². The van der Waals surface area contributed by atoms with Gasteiger partial charge in [-0.2, -0.15) is 15.6 Å². The second-order valence-electron chi connectivity index (χ2n) is 5.85. The summed E-state index contributed by atoms with van der Waals surface area (Å²) >= 11 is 1.54. The highest BCUT2D eigenvalue weighted by molar-refractivity contribution is 7.89. The van der Waals surface area contributed by atoms with Crippen LogP contribution in [0, 0.1) is 0 Å². The lowest BCUT2D eigenvalue weighted by Crippen LogP contribution is -2.39. The van der Waals surface area contributed by atoms with Gasteiger partial charge in [-0.15, -0.1) is 0 Å². The molecule has 7 nitrogen and oxygen atoms in total. The smallest absolute Gasteiger partial charge is 0.243 e. The number of hydrogen-bond acceptors (Lipinski definition) is 5. The SMILES string of the molecule is CC(=O)Nc1ccc(S(=O)(=O)N(C)CC(=O)N(C)Cc2ccsc2)cc1. The predicted octanol–water partition coefficient (Wildman–Crippen LogP) is 1.99. The minimum atomic E-state index is -3.80. The van der Waals surface area contributed by atoms with Crippen LogP contribution in [0.25, 0.3) is 0 Å². The summed E-state index contributed by atoms with van der Waals surface area (Å²) in [6, 6.07) is 7.73. The second kappa shape index (κ2) is 8.43. The van der Waals surface area contributed by atoms with Gasteiger partial charge in [0.05, 0.1) is 11.4 Å². The van der Waals surface area contributed by atoms with Gasteiger partial charge in [-0.05, 0) is 46.7 Å². The molecule has 140 valence electrons. The Labute approximate surface area is 157 Å². The van der Waals surface area contributed by atoms with E-state index in [0.717, 1.165) is 9.87 Å². The molecule has 1 aromatic heterocycles. The number of nitrogens with one attached hydrogen (secondary N) is 1. The molecular weight excluding hydrogens is 374 g/mol. The van der Waals surface area contributed by atoms with E-state index >= 15 is 0 Å². The average molecular weight is 396 g/mol. The molecule has 0 bridgehead atoms. The zero-order valence-electron chi connectivity index (χ0n) is 14.8. The number of amides is 2. The van der Waals surface area contributed by atoms with Gasteiger partial charge < -0.3 is 10.2 Å². The summed E-state index contributed by atoms with van der Waals surface area (Å²) in [5.41, 5.74) is 1.51. The molecule has 0 aliphatic rings. The lowest BCUT2D eigenvalue weighted by molar-refractivity contribution is -0.130. The summed E-state index contributed by atoms with van der Waals surface area (Å²) in [6.07, 6.45) is 0. The Morgan fingerprint density at radius 1 is 1.12 bits per heavy atom. The van der Waals surface area contributed by atoms with E-state index in [1.54, 1.807) is 18.4 Å². The number of nitrogens with zero attached hydrogens (tertiary/aromatic N) is 2. The molecule has 2 aromatic rings. The quantitative estimate of drug-likeness (QED) is 0.777. The number of thiophene rings is 1. The maximum Gasteiger partial charge on any atom is 0.243 e. The van der Waals surface area contributed by atoms with Crippen LogP contribution in [-0.2, 0) is 26.2 Å². The molecule has 0 saturated carbocycles. The molecule has 0 aliphatic carbocycles. The third-order valence-corrected chi connectivity index (χ3v) is 6.22. The van der Waals surface area contributed by atoms with Crippen LogP contribution in [0.5, 0.6) is 0 Å². The van der Waals surface area contributed by atoms with Gasteiger partial charge in [-0.25, -0.2) is 8.42 Å². The fraction of sp³-hybridized carbons (Fsp3) is 0.294. The second-order valence-corrected chi connectivity index (χ2v) is 8.67. The first-order valence-corrected chi connectivity index (χ1v) is 10.2. The maximum atomic E-state index is 12.6. The van der Waals surface area contributed by atoms with Crippen molar-refractivity contribution in [2.75, 3.05) is 26.0 Å². The molecule has 2 rings (SSSR count). The Balaban J connectivity index is 2.03. The van der Waals surface area contributed by atoms with E-state index in [4.69, 9.17) is 0 Å². The van der Waals surface area contributed by atoms with Crippen LogP contribution in [0.15, 0.2) is 46.0 Å². The summed E-state index contributed by atoms with van der Waals surface area (Å²) in [7, 11) is -0.790. The highest BCUT2D eigenvalue weighted by atomic mass is 32.2. The summed E-state index contributed by atoms with van der Waals surface area (Å²) in [5.74, 6) is -0.533. The van der Waals surface area contributed by atoms with Crippen LogP contribution >= 0.6 is 11.3 Å². The van der Waals surface area contributed by atoms with Crippen molar-refractivity contribution in [3.8, 4) is 0 Å². The maximum absolute atomic E-state index is 12.6. The molecule has 9 heteroatoms. The van der Waals surface area contributed by atoms with E-state index in [1.807, 2.05) is 16.8 Å². The minimum absolute atomic E-state index is 0.0578. The largest absolute Gasteiger partial charge is 0.340 e. The molecule has 2 amide bonds. The van der Waals surface area contributed by atoms with Gasteiger partial charge in [0.2, 0.25) is 21.8 Å². The monoisotopic (exact) mass is 395 g/mol. The molecule has 1 aromatic carbocycles. The highest BCUT2D eigenvalue weighted by Crippen LogP contribution is 2.18. The van der Waals surface area contributed by atoms with Crippen molar-refractivity contribution in [2.24, 2.45) is 0 Å². The Morgan fingerprint density at radius 2 is 1.77 bits per heavy atom. The third kappa shape index (κ3) is 5.13. The fourth-order valence-corrected chi connectivity index (χ4v) is 4.01.